The van der Waals surface area contributed by atoms with Gasteiger partial charge in [-0.15, -0.1) is 0 Å². The molecular weight excluding hydrogens is 360 g/mol. The van der Waals surface area contributed by atoms with Gasteiger partial charge in [0.25, 0.3) is 0 Å². The molecule has 0 N–H and O–H groups in total. The molecular formula is C11H16F8O3Si. The first kappa shape index (κ1) is 20.6. The van der Waals surface area contributed by atoms with Gasteiger partial charge in [0.15, 0.2) is 0 Å². The molecule has 1 unspecified atom stereocenters. The summed E-state index contributed by atoms with van der Waals surface area (Å²) in [4.78, 5) is 0. The van der Waals surface area contributed by atoms with Crippen molar-refractivity contribution in [2.75, 3.05) is 13.2 Å². The molecule has 0 spiro atoms. The maximum absolute atomic E-state index is 13.3. The molecule has 0 aromatic heterocycles. The molecule has 1 saturated carbocycles. The number of hydrogen-bond donors (Lipinski definition) is 0. The van der Waals surface area contributed by atoms with Crippen LogP contribution in [0, 0.1) is 0 Å². The van der Waals surface area contributed by atoms with Crippen molar-refractivity contribution in [1.29, 1.82) is 0 Å². The quantitative estimate of drug-likeness (QED) is 0.478. The minimum absolute atomic E-state index is 0.109. The highest BCUT2D eigenvalue weighted by atomic mass is 28.4. The third kappa shape index (κ3) is 5.54. The Morgan fingerprint density at radius 3 is 1.83 bits per heavy atom. The van der Waals surface area contributed by atoms with Crippen LogP contribution in [-0.4, -0.2) is 40.5 Å². The van der Waals surface area contributed by atoms with Gasteiger partial charge in [-0.2, -0.15) is 35.1 Å². The van der Waals surface area contributed by atoms with E-state index in [9.17, 15) is 35.1 Å². The Hall–Kier alpha value is -0.463. The lowest BCUT2D eigenvalue weighted by Gasteiger charge is -2.37. The Morgan fingerprint density at radius 1 is 0.913 bits per heavy atom. The van der Waals surface area contributed by atoms with E-state index in [-0.39, 0.29) is 12.8 Å². The molecule has 1 rings (SSSR count). The van der Waals surface area contributed by atoms with Crippen LogP contribution >= 0.6 is 0 Å². The van der Waals surface area contributed by atoms with Crippen molar-refractivity contribution in [3.8, 4) is 0 Å². The van der Waals surface area contributed by atoms with Gasteiger partial charge in [-0.05, 0) is 19.8 Å². The van der Waals surface area contributed by atoms with E-state index in [2.05, 4.69) is 8.85 Å². The molecule has 3 nitrogen and oxygen atoms in total. The topological polar surface area (TPSA) is 27.7 Å². The standard InChI is InChI=1S/C11H16F8O3Si/c1-2-20-23(8-5-3-4-6-8,21-7-9(12,13)14)22-11(18,19)10(15,16)17/h8H,2-7H2,1H3. The zero-order valence-electron chi connectivity index (χ0n) is 12.1. The molecule has 12 heteroatoms. The minimum atomic E-state index is -6.08. The molecule has 0 radical (unpaired) electrons. The van der Waals surface area contributed by atoms with Gasteiger partial charge in [-0.1, -0.05) is 12.8 Å². The molecule has 1 fully saturated rings. The summed E-state index contributed by atoms with van der Waals surface area (Å²) in [7, 11) is -4.91. The molecule has 1 aliphatic rings. The van der Waals surface area contributed by atoms with Crippen molar-refractivity contribution < 1.29 is 48.4 Å². The molecule has 1 atom stereocenters. The summed E-state index contributed by atoms with van der Waals surface area (Å²) in [5.74, 6) is 0. The highest BCUT2D eigenvalue weighted by Gasteiger charge is 2.67. The smallest absolute Gasteiger partial charge is 0.373 e. The first-order valence-electron chi connectivity index (χ1n) is 6.82. The van der Waals surface area contributed by atoms with Gasteiger partial charge in [-0.25, -0.2) is 0 Å². The second-order valence-corrected chi connectivity index (χ2v) is 7.84. The number of halogens is 8. The second-order valence-electron chi connectivity index (χ2n) is 5.04. The van der Waals surface area contributed by atoms with Gasteiger partial charge >= 0.3 is 27.3 Å². The lowest BCUT2D eigenvalue weighted by atomic mass is 10.4. The highest BCUT2D eigenvalue weighted by molar-refractivity contribution is 6.62. The van der Waals surface area contributed by atoms with Crippen molar-refractivity contribution in [3.63, 3.8) is 0 Å². The predicted octanol–water partition coefficient (Wildman–Crippen LogP) is 4.66. The summed E-state index contributed by atoms with van der Waals surface area (Å²) < 4.78 is 114. The van der Waals surface area contributed by atoms with Gasteiger partial charge in [0.05, 0.1) is 0 Å². The molecule has 0 amide bonds. The molecule has 0 aromatic rings. The van der Waals surface area contributed by atoms with Crippen molar-refractivity contribution in [1.82, 2.24) is 0 Å². The minimum Gasteiger partial charge on any atom is -0.373 e. The highest BCUT2D eigenvalue weighted by Crippen LogP contribution is 2.46. The van der Waals surface area contributed by atoms with E-state index in [1.165, 1.54) is 6.92 Å². The van der Waals surface area contributed by atoms with Gasteiger partial charge in [0.1, 0.15) is 6.61 Å². The molecule has 0 saturated heterocycles. The zero-order valence-corrected chi connectivity index (χ0v) is 13.1. The number of hydrogen-bond acceptors (Lipinski definition) is 3. The van der Waals surface area contributed by atoms with E-state index in [1.54, 1.807) is 0 Å². The van der Waals surface area contributed by atoms with E-state index < -0.39 is 46.0 Å². The van der Waals surface area contributed by atoms with E-state index in [0.717, 1.165) is 0 Å². The zero-order chi connectivity index (χ0) is 17.9. The average Bonchev–Trinajstić information content (AvgIpc) is 2.88. The number of alkyl halides is 8. The van der Waals surface area contributed by atoms with Gasteiger partial charge in [-0.3, -0.25) is 0 Å². The fraction of sp³-hybridized carbons (Fsp3) is 1.00. The Balaban J connectivity index is 3.10. The van der Waals surface area contributed by atoms with Crippen LogP contribution in [0.15, 0.2) is 0 Å². The van der Waals surface area contributed by atoms with Crippen LogP contribution in [0.25, 0.3) is 0 Å². The third-order valence-corrected chi connectivity index (χ3v) is 6.59. The SMILES string of the molecule is CCO[Si](OCC(F)(F)F)(OC(F)(F)C(F)(F)F)C1CCCC1. The van der Waals surface area contributed by atoms with Crippen LogP contribution in [0.3, 0.4) is 0 Å². The van der Waals surface area contributed by atoms with Gasteiger partial charge in [0, 0.05) is 12.1 Å². The first-order valence-corrected chi connectivity index (χ1v) is 8.62. The molecule has 0 heterocycles. The summed E-state index contributed by atoms with van der Waals surface area (Å²) in [6.07, 6.45) is -15.5. The maximum atomic E-state index is 13.3. The van der Waals surface area contributed by atoms with Gasteiger partial charge in [0.2, 0.25) is 0 Å². The lowest BCUT2D eigenvalue weighted by Crippen LogP contribution is -2.58. The van der Waals surface area contributed by atoms with Crippen molar-refractivity contribution in [2.45, 2.75) is 56.6 Å². The Kier molecular flexibility index (Phi) is 6.44. The largest absolute Gasteiger partial charge is 0.509 e. The van der Waals surface area contributed by atoms with E-state index in [1.807, 2.05) is 0 Å². The summed E-state index contributed by atoms with van der Waals surface area (Å²) in [5.41, 5.74) is -1.03. The number of rotatable bonds is 7. The Morgan fingerprint density at radius 2 is 1.43 bits per heavy atom. The molecule has 1 aliphatic carbocycles. The summed E-state index contributed by atoms with van der Waals surface area (Å²) >= 11 is 0. The van der Waals surface area contributed by atoms with Crippen LogP contribution in [0.5, 0.6) is 0 Å². The average molecular weight is 376 g/mol. The summed E-state index contributed by atoms with van der Waals surface area (Å²) in [6.45, 7) is -1.17. The normalized spacial score (nSPS) is 20.7. The van der Waals surface area contributed by atoms with Crippen molar-refractivity contribution in [2.24, 2.45) is 0 Å². The fourth-order valence-electron chi connectivity index (χ4n) is 2.32. The Labute approximate surface area is 128 Å². The molecule has 0 aromatic carbocycles. The third-order valence-electron chi connectivity index (χ3n) is 3.24. The predicted molar refractivity (Wildman–Crippen MR) is 63.7 cm³/mol. The van der Waals surface area contributed by atoms with E-state index >= 15 is 0 Å². The van der Waals surface area contributed by atoms with Gasteiger partial charge < -0.3 is 13.3 Å². The molecule has 0 aliphatic heterocycles. The van der Waals surface area contributed by atoms with Crippen LogP contribution in [-0.2, 0) is 13.3 Å². The van der Waals surface area contributed by atoms with Crippen molar-refractivity contribution in [3.05, 3.63) is 0 Å². The monoisotopic (exact) mass is 376 g/mol. The molecule has 138 valence electrons. The van der Waals surface area contributed by atoms with Crippen molar-refractivity contribution >= 4 is 8.80 Å². The Bertz CT molecular complexity index is 380. The second kappa shape index (κ2) is 7.19. The van der Waals surface area contributed by atoms with E-state index in [0.29, 0.717) is 12.8 Å². The molecule has 23 heavy (non-hydrogen) atoms. The maximum Gasteiger partial charge on any atom is 0.509 e. The van der Waals surface area contributed by atoms with E-state index in [4.69, 9.17) is 4.43 Å². The summed E-state index contributed by atoms with van der Waals surface area (Å²) in [5, 5.41) is 0. The van der Waals surface area contributed by atoms with Crippen LogP contribution in [0.1, 0.15) is 32.6 Å². The fourth-order valence-corrected chi connectivity index (χ4v) is 5.51. The lowest BCUT2D eigenvalue weighted by molar-refractivity contribution is -0.374. The van der Waals surface area contributed by atoms with Crippen LogP contribution < -0.4 is 0 Å². The van der Waals surface area contributed by atoms with Crippen LogP contribution in [0.4, 0.5) is 35.1 Å². The summed E-state index contributed by atoms with van der Waals surface area (Å²) in [6, 6.07) is 0. The van der Waals surface area contributed by atoms with Crippen LogP contribution in [0.2, 0.25) is 5.54 Å². The molecule has 0 bridgehead atoms. The first-order chi connectivity index (χ1) is 10.3.